The predicted molar refractivity (Wildman–Crippen MR) is 246 cm³/mol. The van der Waals surface area contributed by atoms with E-state index in [2.05, 4.69) is 167 Å². The van der Waals surface area contributed by atoms with Gasteiger partial charge in [-0.3, -0.25) is 8.80 Å². The first kappa shape index (κ1) is 36.8. The van der Waals surface area contributed by atoms with Crippen molar-refractivity contribution < 1.29 is 4.74 Å². The summed E-state index contributed by atoms with van der Waals surface area (Å²) in [5.74, 6) is 2.95. The zero-order chi connectivity index (χ0) is 40.7. The number of benzene rings is 5. The van der Waals surface area contributed by atoms with Crippen LogP contribution in [0.5, 0.6) is 11.5 Å². The van der Waals surface area contributed by atoms with E-state index in [4.69, 9.17) is 19.7 Å². The largest absolute Gasteiger partial charge is 0.457 e. The van der Waals surface area contributed by atoms with E-state index in [0.717, 1.165) is 61.1 Å². The first-order chi connectivity index (χ1) is 28.6. The first-order valence-electron chi connectivity index (χ1n) is 21.0. The van der Waals surface area contributed by atoms with E-state index >= 15 is 0 Å². The standard InChI is InChI=1S/C53H49N5O/c1-30(2)36-13-9-14-37(31(3)4)48(36)44-18-11-17-42-40-22-20-34(27-45(40)51-55-25-26-57(51)50(42)44)59-35-21-23-41-43-19-12-24-54-52(43)58-47(29-56-53(58)46(41)28-35)49-38(32(5)6)15-10-16-39(49)33(7)8/h9-33H,1-8H3. The Morgan fingerprint density at radius 1 is 0.458 bits per heavy atom. The molecule has 0 fully saturated rings. The lowest BCUT2D eigenvalue weighted by Gasteiger charge is -2.22. The van der Waals surface area contributed by atoms with Crippen molar-refractivity contribution in [2.45, 2.75) is 79.1 Å². The second-order valence-corrected chi connectivity index (χ2v) is 17.3. The number of ether oxygens (including phenoxy) is 1. The second kappa shape index (κ2) is 14.1. The Bertz CT molecular complexity index is 3220. The van der Waals surface area contributed by atoms with Crippen molar-refractivity contribution in [1.29, 1.82) is 0 Å². The van der Waals surface area contributed by atoms with E-state index < -0.39 is 0 Å². The third-order valence-corrected chi connectivity index (χ3v) is 12.2. The normalized spacial score (nSPS) is 12.3. The van der Waals surface area contributed by atoms with Crippen molar-refractivity contribution >= 4 is 54.8 Å². The Kier molecular flexibility index (Phi) is 8.78. The molecule has 0 bridgehead atoms. The fourth-order valence-electron chi connectivity index (χ4n) is 9.48. The van der Waals surface area contributed by atoms with Gasteiger partial charge in [-0.25, -0.2) is 15.0 Å². The van der Waals surface area contributed by atoms with Crippen molar-refractivity contribution in [1.82, 2.24) is 23.8 Å². The van der Waals surface area contributed by atoms with Crippen LogP contribution in [0.1, 0.15) is 101 Å². The molecule has 0 saturated carbocycles. The van der Waals surface area contributed by atoms with Crippen LogP contribution < -0.4 is 4.74 Å². The van der Waals surface area contributed by atoms with Crippen molar-refractivity contribution in [3.05, 3.63) is 150 Å². The molecule has 0 radical (unpaired) electrons. The molecule has 10 rings (SSSR count). The maximum absolute atomic E-state index is 6.77. The summed E-state index contributed by atoms with van der Waals surface area (Å²) in [6, 6.07) is 37.1. The van der Waals surface area contributed by atoms with Crippen LogP contribution in [0.2, 0.25) is 0 Å². The van der Waals surface area contributed by atoms with E-state index in [1.54, 1.807) is 0 Å². The van der Waals surface area contributed by atoms with Crippen molar-refractivity contribution in [2.75, 3.05) is 0 Å². The molecule has 0 aliphatic rings. The number of pyridine rings is 3. The zero-order valence-corrected chi connectivity index (χ0v) is 35.1. The van der Waals surface area contributed by atoms with Crippen LogP contribution in [0.15, 0.2) is 128 Å². The van der Waals surface area contributed by atoms with E-state index in [-0.39, 0.29) is 0 Å². The van der Waals surface area contributed by atoms with Gasteiger partial charge in [0.1, 0.15) is 28.4 Å². The average molecular weight is 772 g/mol. The lowest BCUT2D eigenvalue weighted by atomic mass is 9.84. The summed E-state index contributed by atoms with van der Waals surface area (Å²) < 4.78 is 11.3. The molecule has 5 heterocycles. The van der Waals surface area contributed by atoms with Gasteiger partial charge in [0, 0.05) is 51.3 Å². The zero-order valence-electron chi connectivity index (χ0n) is 35.1. The fourth-order valence-corrected chi connectivity index (χ4v) is 9.48. The molecule has 10 aromatic rings. The Labute approximate surface area is 345 Å². The van der Waals surface area contributed by atoms with Crippen LogP contribution in [0, 0.1) is 0 Å². The van der Waals surface area contributed by atoms with Crippen LogP contribution in [0.3, 0.4) is 0 Å². The van der Waals surface area contributed by atoms with Gasteiger partial charge >= 0.3 is 0 Å². The van der Waals surface area contributed by atoms with E-state index in [1.807, 2.05) is 24.7 Å². The number of para-hydroxylation sites is 1. The van der Waals surface area contributed by atoms with Crippen LogP contribution in [0.4, 0.5) is 0 Å². The first-order valence-corrected chi connectivity index (χ1v) is 21.0. The topological polar surface area (TPSA) is 56.7 Å². The summed E-state index contributed by atoms with van der Waals surface area (Å²) in [5.41, 5.74) is 14.1. The van der Waals surface area contributed by atoms with Crippen LogP contribution in [-0.2, 0) is 0 Å². The smallest absolute Gasteiger partial charge is 0.146 e. The van der Waals surface area contributed by atoms with Gasteiger partial charge in [-0.1, -0.05) is 110 Å². The fraction of sp³-hybridized carbons (Fsp3) is 0.226. The Morgan fingerprint density at radius 2 is 0.983 bits per heavy atom. The van der Waals surface area contributed by atoms with Crippen molar-refractivity contribution in [2.24, 2.45) is 0 Å². The molecule has 0 aliphatic carbocycles. The minimum absolute atomic E-state index is 0.346. The molecule has 6 heteroatoms. The highest BCUT2D eigenvalue weighted by Crippen LogP contribution is 2.44. The van der Waals surface area contributed by atoms with E-state index in [9.17, 15) is 0 Å². The van der Waals surface area contributed by atoms with E-state index in [0.29, 0.717) is 23.7 Å². The second-order valence-electron chi connectivity index (χ2n) is 17.3. The van der Waals surface area contributed by atoms with Gasteiger partial charge in [0.25, 0.3) is 0 Å². The van der Waals surface area contributed by atoms with Gasteiger partial charge in [-0.2, -0.15) is 0 Å². The summed E-state index contributed by atoms with van der Waals surface area (Å²) in [4.78, 5) is 15.0. The third kappa shape index (κ3) is 5.79. The molecule has 0 aliphatic heterocycles. The van der Waals surface area contributed by atoms with Gasteiger partial charge in [0.05, 0.1) is 17.4 Å². The molecule has 0 N–H and O–H groups in total. The minimum atomic E-state index is 0.346. The van der Waals surface area contributed by atoms with Crippen molar-refractivity contribution in [3.8, 4) is 33.9 Å². The monoisotopic (exact) mass is 771 g/mol. The average Bonchev–Trinajstić information content (AvgIpc) is 3.92. The molecular weight excluding hydrogens is 723 g/mol. The lowest BCUT2D eigenvalue weighted by molar-refractivity contribution is 0.484. The number of hydrogen-bond acceptors (Lipinski definition) is 4. The number of imidazole rings is 2. The molecule has 0 saturated heterocycles. The number of fused-ring (bicyclic) bond motifs is 12. The van der Waals surface area contributed by atoms with Crippen LogP contribution in [-0.4, -0.2) is 23.8 Å². The Morgan fingerprint density at radius 3 is 1.61 bits per heavy atom. The third-order valence-electron chi connectivity index (χ3n) is 12.2. The molecule has 0 unspecified atom stereocenters. The quantitative estimate of drug-likeness (QED) is 0.144. The molecule has 0 atom stereocenters. The molecule has 6 nitrogen and oxygen atoms in total. The highest BCUT2D eigenvalue weighted by molar-refractivity contribution is 6.16. The number of rotatable bonds is 8. The molecular formula is C53H49N5O. The van der Waals surface area contributed by atoms with Gasteiger partial charge < -0.3 is 4.74 Å². The predicted octanol–water partition coefficient (Wildman–Crippen LogP) is 14.6. The summed E-state index contributed by atoms with van der Waals surface area (Å²) in [6.07, 6.45) is 7.91. The van der Waals surface area contributed by atoms with Crippen molar-refractivity contribution in [3.63, 3.8) is 0 Å². The number of nitrogens with zero attached hydrogens (tertiary/aromatic N) is 5. The lowest BCUT2D eigenvalue weighted by Crippen LogP contribution is -2.03. The highest BCUT2D eigenvalue weighted by atomic mass is 16.5. The summed E-state index contributed by atoms with van der Waals surface area (Å²) in [5, 5.41) is 6.55. The highest BCUT2D eigenvalue weighted by Gasteiger charge is 2.23. The summed E-state index contributed by atoms with van der Waals surface area (Å²) in [7, 11) is 0. The minimum Gasteiger partial charge on any atom is -0.457 e. The maximum Gasteiger partial charge on any atom is 0.146 e. The van der Waals surface area contributed by atoms with Gasteiger partial charge in [-0.15, -0.1) is 0 Å². The molecule has 292 valence electrons. The Balaban J connectivity index is 1.13. The van der Waals surface area contributed by atoms with Crippen LogP contribution >= 0.6 is 0 Å². The molecule has 0 spiro atoms. The number of hydrogen-bond donors (Lipinski definition) is 0. The molecule has 5 aromatic carbocycles. The maximum atomic E-state index is 6.77. The van der Waals surface area contributed by atoms with Crippen LogP contribution in [0.25, 0.3) is 77.2 Å². The number of aromatic nitrogens is 5. The summed E-state index contributed by atoms with van der Waals surface area (Å²) in [6.45, 7) is 18.2. The Hall–Kier alpha value is -6.53. The van der Waals surface area contributed by atoms with Gasteiger partial charge in [-0.05, 0) is 111 Å². The SMILES string of the molecule is CC(C)c1cccc(C(C)C)c1-c1cccc2c3ccc(Oc4ccc5c6cccnc6n6c(-c7c(C(C)C)cccc7C(C)C)cnc6c5c4)cc3c3nccn3c12. The van der Waals surface area contributed by atoms with E-state index in [1.165, 1.54) is 49.8 Å². The molecule has 59 heavy (non-hydrogen) atoms. The van der Waals surface area contributed by atoms with Gasteiger partial charge in [0.2, 0.25) is 0 Å². The summed E-state index contributed by atoms with van der Waals surface area (Å²) >= 11 is 0. The van der Waals surface area contributed by atoms with Gasteiger partial charge in [0.15, 0.2) is 0 Å². The molecule has 0 amide bonds. The molecule has 5 aromatic heterocycles.